The number of aromatic nitrogens is 2. The third kappa shape index (κ3) is 5.27. The van der Waals surface area contributed by atoms with Gasteiger partial charge in [-0.25, -0.2) is 4.79 Å². The predicted octanol–water partition coefficient (Wildman–Crippen LogP) is 5.06. The van der Waals surface area contributed by atoms with Gasteiger partial charge >= 0.3 is 6.03 Å². The molecule has 1 heterocycles. The average Bonchev–Trinajstić information content (AvgIpc) is 3.11. The van der Waals surface area contributed by atoms with Crippen LogP contribution in [0.3, 0.4) is 0 Å². The van der Waals surface area contributed by atoms with Gasteiger partial charge in [0.05, 0.1) is 7.11 Å². The van der Waals surface area contributed by atoms with Crippen LogP contribution < -0.4 is 15.4 Å². The zero-order valence-corrected chi connectivity index (χ0v) is 16.3. The molecule has 0 aliphatic carbocycles. The highest BCUT2D eigenvalue weighted by atomic mass is 32.1. The van der Waals surface area contributed by atoms with E-state index in [0.717, 1.165) is 28.4 Å². The van der Waals surface area contributed by atoms with E-state index in [-0.39, 0.29) is 6.03 Å². The Morgan fingerprint density at radius 1 is 1.04 bits per heavy atom. The molecule has 2 N–H and O–H groups in total. The van der Waals surface area contributed by atoms with Crippen LogP contribution in [0.2, 0.25) is 0 Å². The zero-order valence-electron chi connectivity index (χ0n) is 15.5. The molecule has 0 aliphatic rings. The highest BCUT2D eigenvalue weighted by Crippen LogP contribution is 2.27. The van der Waals surface area contributed by atoms with Crippen LogP contribution in [-0.4, -0.2) is 23.3 Å². The summed E-state index contributed by atoms with van der Waals surface area (Å²) in [6.45, 7) is 4.36. The van der Waals surface area contributed by atoms with Crippen LogP contribution in [0.15, 0.2) is 48.5 Å². The number of anilines is 2. The lowest BCUT2D eigenvalue weighted by Crippen LogP contribution is -2.19. The maximum atomic E-state index is 12.2. The number of urea groups is 1. The smallest absolute Gasteiger partial charge is 0.325 e. The summed E-state index contributed by atoms with van der Waals surface area (Å²) in [6, 6.07) is 15.1. The normalized spacial score (nSPS) is 10.7. The first-order chi connectivity index (χ1) is 13.0. The van der Waals surface area contributed by atoms with Gasteiger partial charge in [-0.1, -0.05) is 37.3 Å². The summed E-state index contributed by atoms with van der Waals surface area (Å²) in [5.74, 6) is 1.38. The second-order valence-electron chi connectivity index (χ2n) is 6.51. The number of carbonyl (C=O) groups excluding carboxylic acids is 1. The molecule has 0 fully saturated rings. The molecule has 3 aromatic rings. The molecule has 0 unspecified atom stereocenters. The molecule has 2 aromatic carbocycles. The number of methoxy groups -OCH3 is 1. The van der Waals surface area contributed by atoms with E-state index >= 15 is 0 Å². The zero-order chi connectivity index (χ0) is 19.2. The molecular weight excluding hydrogens is 360 g/mol. The minimum absolute atomic E-state index is 0.343. The van der Waals surface area contributed by atoms with Crippen LogP contribution in [-0.2, 0) is 6.42 Å². The van der Waals surface area contributed by atoms with Crippen LogP contribution >= 0.6 is 11.3 Å². The number of carbonyl (C=O) groups is 1. The second kappa shape index (κ2) is 8.64. The Bertz CT molecular complexity index is 889. The highest BCUT2D eigenvalue weighted by Gasteiger charge is 2.10. The molecule has 6 nitrogen and oxygen atoms in total. The fourth-order valence-corrected chi connectivity index (χ4v) is 3.32. The van der Waals surface area contributed by atoms with Gasteiger partial charge in [0.1, 0.15) is 10.8 Å². The quantitative estimate of drug-likeness (QED) is 0.625. The molecule has 0 spiro atoms. The fraction of sp³-hybridized carbons (Fsp3) is 0.250. The Labute approximate surface area is 162 Å². The topological polar surface area (TPSA) is 76.1 Å². The monoisotopic (exact) mass is 382 g/mol. The minimum atomic E-state index is -0.343. The first-order valence-electron chi connectivity index (χ1n) is 8.68. The lowest BCUT2D eigenvalue weighted by molar-refractivity contribution is 0.262. The number of amides is 2. The minimum Gasteiger partial charge on any atom is -0.497 e. The van der Waals surface area contributed by atoms with Crippen molar-refractivity contribution < 1.29 is 9.53 Å². The van der Waals surface area contributed by atoms with Gasteiger partial charge in [-0.2, -0.15) is 0 Å². The third-order valence-electron chi connectivity index (χ3n) is 3.84. The van der Waals surface area contributed by atoms with Gasteiger partial charge in [0, 0.05) is 11.3 Å². The standard InChI is InChI=1S/C20H22N4O2S/c1-13(2)12-14-4-8-16(9-5-14)21-19(25)22-20-24-23-18(27-20)15-6-10-17(26-3)11-7-15/h4-11,13H,12H2,1-3H3,(H2,21,22,24,25). The van der Waals surface area contributed by atoms with Crippen LogP contribution in [0.5, 0.6) is 5.75 Å². The van der Waals surface area contributed by atoms with Crippen molar-refractivity contribution in [2.75, 3.05) is 17.7 Å². The molecule has 0 atom stereocenters. The van der Waals surface area contributed by atoms with E-state index in [1.165, 1.54) is 16.9 Å². The average molecular weight is 382 g/mol. The Morgan fingerprint density at radius 2 is 1.74 bits per heavy atom. The van der Waals surface area contributed by atoms with Gasteiger partial charge in [-0.05, 0) is 54.3 Å². The number of hydrogen-bond acceptors (Lipinski definition) is 5. The van der Waals surface area contributed by atoms with Gasteiger partial charge in [-0.3, -0.25) is 5.32 Å². The Balaban J connectivity index is 1.58. The largest absolute Gasteiger partial charge is 0.497 e. The summed E-state index contributed by atoms with van der Waals surface area (Å²) in [4.78, 5) is 12.2. The number of hydrogen-bond donors (Lipinski definition) is 2. The maximum absolute atomic E-state index is 12.2. The van der Waals surface area contributed by atoms with Crippen LogP contribution in [0.4, 0.5) is 15.6 Å². The van der Waals surface area contributed by atoms with Crippen LogP contribution in [0.25, 0.3) is 10.6 Å². The number of rotatable bonds is 6. The number of benzene rings is 2. The second-order valence-corrected chi connectivity index (χ2v) is 7.49. The molecule has 2 amide bonds. The third-order valence-corrected chi connectivity index (χ3v) is 4.73. The van der Waals surface area contributed by atoms with Crippen molar-refractivity contribution in [3.63, 3.8) is 0 Å². The van der Waals surface area contributed by atoms with E-state index in [0.29, 0.717) is 11.0 Å². The molecule has 0 saturated heterocycles. The van der Waals surface area contributed by atoms with E-state index in [1.807, 2.05) is 48.5 Å². The van der Waals surface area contributed by atoms with Crippen molar-refractivity contribution in [1.29, 1.82) is 0 Å². The van der Waals surface area contributed by atoms with Gasteiger partial charge < -0.3 is 10.1 Å². The fourth-order valence-electron chi connectivity index (χ4n) is 2.58. The Morgan fingerprint density at radius 3 is 2.37 bits per heavy atom. The Hall–Kier alpha value is -2.93. The highest BCUT2D eigenvalue weighted by molar-refractivity contribution is 7.18. The van der Waals surface area contributed by atoms with E-state index < -0.39 is 0 Å². The number of nitrogens with zero attached hydrogens (tertiary/aromatic N) is 2. The van der Waals surface area contributed by atoms with Crippen molar-refractivity contribution in [3.8, 4) is 16.3 Å². The van der Waals surface area contributed by atoms with Gasteiger partial charge in [0.2, 0.25) is 5.13 Å². The number of nitrogens with one attached hydrogen (secondary N) is 2. The molecule has 0 saturated carbocycles. The number of ether oxygens (including phenoxy) is 1. The summed E-state index contributed by atoms with van der Waals surface area (Å²) in [6.07, 6.45) is 1.02. The molecule has 0 radical (unpaired) electrons. The lowest BCUT2D eigenvalue weighted by atomic mass is 10.0. The molecule has 0 aliphatic heterocycles. The summed E-state index contributed by atoms with van der Waals surface area (Å²) in [5.41, 5.74) is 2.91. The molecule has 140 valence electrons. The van der Waals surface area contributed by atoms with Crippen molar-refractivity contribution in [3.05, 3.63) is 54.1 Å². The van der Waals surface area contributed by atoms with Crippen molar-refractivity contribution in [2.24, 2.45) is 5.92 Å². The van der Waals surface area contributed by atoms with E-state index in [2.05, 4.69) is 34.7 Å². The van der Waals surface area contributed by atoms with Gasteiger partial charge in [0.15, 0.2) is 0 Å². The van der Waals surface area contributed by atoms with E-state index in [9.17, 15) is 4.79 Å². The molecule has 27 heavy (non-hydrogen) atoms. The van der Waals surface area contributed by atoms with Gasteiger partial charge in [0.25, 0.3) is 0 Å². The van der Waals surface area contributed by atoms with Crippen molar-refractivity contribution in [2.45, 2.75) is 20.3 Å². The van der Waals surface area contributed by atoms with Crippen molar-refractivity contribution in [1.82, 2.24) is 10.2 Å². The maximum Gasteiger partial charge on any atom is 0.325 e. The predicted molar refractivity (Wildman–Crippen MR) is 110 cm³/mol. The SMILES string of the molecule is COc1ccc(-c2nnc(NC(=O)Nc3ccc(CC(C)C)cc3)s2)cc1. The summed E-state index contributed by atoms with van der Waals surface area (Å²) < 4.78 is 5.15. The molecular formula is C20H22N4O2S. The van der Waals surface area contributed by atoms with Crippen LogP contribution in [0, 0.1) is 5.92 Å². The van der Waals surface area contributed by atoms with E-state index in [4.69, 9.17) is 4.74 Å². The first kappa shape index (κ1) is 18.8. The lowest BCUT2D eigenvalue weighted by Gasteiger charge is -2.08. The molecule has 1 aromatic heterocycles. The summed E-state index contributed by atoms with van der Waals surface area (Å²) in [7, 11) is 1.62. The van der Waals surface area contributed by atoms with Crippen LogP contribution in [0.1, 0.15) is 19.4 Å². The van der Waals surface area contributed by atoms with E-state index in [1.54, 1.807) is 7.11 Å². The van der Waals surface area contributed by atoms with Crippen molar-refractivity contribution >= 4 is 28.2 Å². The first-order valence-corrected chi connectivity index (χ1v) is 9.50. The summed E-state index contributed by atoms with van der Waals surface area (Å²) >= 11 is 1.31. The molecule has 7 heteroatoms. The molecule has 0 bridgehead atoms. The Kier molecular flexibility index (Phi) is 6.03. The summed E-state index contributed by atoms with van der Waals surface area (Å²) in [5, 5.41) is 14.9. The van der Waals surface area contributed by atoms with Gasteiger partial charge in [-0.15, -0.1) is 10.2 Å². The molecule has 3 rings (SSSR count).